The van der Waals surface area contributed by atoms with Crippen LogP contribution in [0.5, 0.6) is 0 Å². The molecule has 17 heavy (non-hydrogen) atoms. The van der Waals surface area contributed by atoms with Crippen molar-refractivity contribution in [3.05, 3.63) is 23.2 Å². The lowest BCUT2D eigenvalue weighted by Crippen LogP contribution is -2.30. The Morgan fingerprint density at radius 3 is 2.88 bits per heavy atom. The van der Waals surface area contributed by atoms with Crippen LogP contribution >= 0.6 is 22.9 Å². The number of rotatable bonds is 4. The second-order valence-electron chi connectivity index (χ2n) is 4.89. The van der Waals surface area contributed by atoms with E-state index in [1.165, 1.54) is 4.70 Å². The van der Waals surface area contributed by atoms with Crippen LogP contribution in [-0.2, 0) is 0 Å². The van der Waals surface area contributed by atoms with Crippen LogP contribution in [0.2, 0.25) is 5.02 Å². The summed E-state index contributed by atoms with van der Waals surface area (Å²) < 4.78 is 1.17. The number of nitrogens with zero attached hydrogens (tertiary/aromatic N) is 1. The lowest BCUT2D eigenvalue weighted by atomic mass is 10.00. The molecule has 0 saturated heterocycles. The topological polar surface area (TPSA) is 24.9 Å². The highest BCUT2D eigenvalue weighted by Gasteiger charge is 2.17. The van der Waals surface area contributed by atoms with Gasteiger partial charge in [0.1, 0.15) is 0 Å². The van der Waals surface area contributed by atoms with Crippen LogP contribution < -0.4 is 5.32 Å². The molecule has 0 atom stereocenters. The SMILES string of the molecule is CCCC(C)(C)Nc1nc2cc(Cl)ccc2s1. The Morgan fingerprint density at radius 1 is 1.41 bits per heavy atom. The standard InChI is InChI=1S/C13H17ClN2S/c1-4-7-13(2,3)16-12-15-10-8-9(14)5-6-11(10)17-12/h5-6,8H,4,7H2,1-3H3,(H,15,16). The van der Waals surface area contributed by atoms with Crippen LogP contribution in [0.1, 0.15) is 33.6 Å². The largest absolute Gasteiger partial charge is 0.357 e. The van der Waals surface area contributed by atoms with Gasteiger partial charge in [0.15, 0.2) is 5.13 Å². The van der Waals surface area contributed by atoms with Crippen molar-refractivity contribution in [1.29, 1.82) is 0 Å². The molecule has 1 aromatic heterocycles. The van der Waals surface area contributed by atoms with Crippen LogP contribution in [0, 0.1) is 0 Å². The maximum atomic E-state index is 5.95. The van der Waals surface area contributed by atoms with Crippen molar-refractivity contribution in [2.75, 3.05) is 5.32 Å². The smallest absolute Gasteiger partial charge is 0.184 e. The number of aromatic nitrogens is 1. The molecule has 92 valence electrons. The highest BCUT2D eigenvalue weighted by atomic mass is 35.5. The fourth-order valence-electron chi connectivity index (χ4n) is 1.93. The summed E-state index contributed by atoms with van der Waals surface area (Å²) in [5.41, 5.74) is 1.06. The van der Waals surface area contributed by atoms with Gasteiger partial charge in [0.25, 0.3) is 0 Å². The highest BCUT2D eigenvalue weighted by molar-refractivity contribution is 7.22. The molecule has 2 rings (SSSR count). The van der Waals surface area contributed by atoms with Crippen molar-refractivity contribution in [1.82, 2.24) is 4.98 Å². The van der Waals surface area contributed by atoms with Gasteiger partial charge in [-0.15, -0.1) is 0 Å². The minimum atomic E-state index is 0.0897. The molecular formula is C13H17ClN2S. The van der Waals surface area contributed by atoms with E-state index in [0.29, 0.717) is 0 Å². The summed E-state index contributed by atoms with van der Waals surface area (Å²) in [5, 5.41) is 5.20. The number of hydrogen-bond acceptors (Lipinski definition) is 3. The van der Waals surface area contributed by atoms with Crippen molar-refractivity contribution in [2.45, 2.75) is 39.2 Å². The third-order valence-electron chi connectivity index (χ3n) is 2.67. The molecular weight excluding hydrogens is 252 g/mol. The van der Waals surface area contributed by atoms with E-state index in [1.54, 1.807) is 11.3 Å². The highest BCUT2D eigenvalue weighted by Crippen LogP contribution is 2.30. The van der Waals surface area contributed by atoms with Gasteiger partial charge in [-0.3, -0.25) is 0 Å². The van der Waals surface area contributed by atoms with E-state index >= 15 is 0 Å². The first kappa shape index (κ1) is 12.7. The van der Waals surface area contributed by atoms with Gasteiger partial charge in [0.2, 0.25) is 0 Å². The zero-order valence-corrected chi connectivity index (χ0v) is 12.0. The van der Waals surface area contributed by atoms with Gasteiger partial charge in [0.05, 0.1) is 10.2 Å². The molecule has 2 aromatic rings. The Morgan fingerprint density at radius 2 is 2.18 bits per heavy atom. The van der Waals surface area contributed by atoms with Gasteiger partial charge >= 0.3 is 0 Å². The average Bonchev–Trinajstić information content (AvgIpc) is 2.57. The fourth-order valence-corrected chi connectivity index (χ4v) is 3.12. The molecule has 0 aliphatic rings. The lowest BCUT2D eigenvalue weighted by Gasteiger charge is -2.25. The summed E-state index contributed by atoms with van der Waals surface area (Å²) in [6.07, 6.45) is 2.29. The van der Waals surface area contributed by atoms with Crippen molar-refractivity contribution < 1.29 is 0 Å². The monoisotopic (exact) mass is 268 g/mol. The van der Waals surface area contributed by atoms with E-state index in [-0.39, 0.29) is 5.54 Å². The van der Waals surface area contributed by atoms with E-state index in [4.69, 9.17) is 11.6 Å². The first-order chi connectivity index (χ1) is 8.00. The molecule has 0 spiro atoms. The Bertz CT molecular complexity index is 519. The van der Waals surface area contributed by atoms with Gasteiger partial charge in [-0.05, 0) is 38.5 Å². The number of hydrogen-bond donors (Lipinski definition) is 1. The Kier molecular flexibility index (Phi) is 3.59. The number of thiazole rings is 1. The number of halogens is 1. The molecule has 0 unspecified atom stereocenters. The van der Waals surface area contributed by atoms with Gasteiger partial charge < -0.3 is 5.32 Å². The Hall–Kier alpha value is -0.800. The van der Waals surface area contributed by atoms with Crippen molar-refractivity contribution >= 4 is 38.3 Å². The zero-order chi connectivity index (χ0) is 12.5. The van der Waals surface area contributed by atoms with Gasteiger partial charge in [-0.25, -0.2) is 4.98 Å². The lowest BCUT2D eigenvalue weighted by molar-refractivity contribution is 0.511. The van der Waals surface area contributed by atoms with Crippen molar-refractivity contribution in [2.24, 2.45) is 0 Å². The van der Waals surface area contributed by atoms with Gasteiger partial charge in [0, 0.05) is 10.6 Å². The molecule has 0 bridgehead atoms. The average molecular weight is 269 g/mol. The summed E-state index contributed by atoms with van der Waals surface area (Å²) in [5.74, 6) is 0. The minimum absolute atomic E-state index is 0.0897. The zero-order valence-electron chi connectivity index (χ0n) is 10.4. The summed E-state index contributed by atoms with van der Waals surface area (Å²) in [4.78, 5) is 4.56. The number of fused-ring (bicyclic) bond motifs is 1. The van der Waals surface area contributed by atoms with Gasteiger partial charge in [-0.1, -0.05) is 36.3 Å². The Labute approximate surface area is 111 Å². The van der Waals surface area contributed by atoms with E-state index in [1.807, 2.05) is 18.2 Å². The normalized spacial score (nSPS) is 12.0. The van der Waals surface area contributed by atoms with Crippen LogP contribution in [0.3, 0.4) is 0 Å². The van der Waals surface area contributed by atoms with Crippen LogP contribution in [0.15, 0.2) is 18.2 Å². The molecule has 0 aliphatic heterocycles. The molecule has 1 heterocycles. The molecule has 0 fully saturated rings. The number of nitrogens with one attached hydrogen (secondary N) is 1. The second kappa shape index (κ2) is 4.83. The first-order valence-electron chi connectivity index (χ1n) is 5.84. The first-order valence-corrected chi connectivity index (χ1v) is 7.04. The Balaban J connectivity index is 2.25. The van der Waals surface area contributed by atoms with Gasteiger partial charge in [-0.2, -0.15) is 0 Å². The predicted molar refractivity (Wildman–Crippen MR) is 77.2 cm³/mol. The molecule has 1 aromatic carbocycles. The third kappa shape index (κ3) is 3.11. The molecule has 2 nitrogen and oxygen atoms in total. The molecule has 4 heteroatoms. The van der Waals surface area contributed by atoms with E-state index in [0.717, 1.165) is 28.5 Å². The summed E-state index contributed by atoms with van der Waals surface area (Å²) in [6.45, 7) is 6.60. The predicted octanol–water partition coefficient (Wildman–Crippen LogP) is 4.94. The fraction of sp³-hybridized carbons (Fsp3) is 0.462. The van der Waals surface area contributed by atoms with E-state index < -0.39 is 0 Å². The van der Waals surface area contributed by atoms with Crippen molar-refractivity contribution in [3.63, 3.8) is 0 Å². The van der Waals surface area contributed by atoms with Crippen LogP contribution in [0.4, 0.5) is 5.13 Å². The molecule has 0 amide bonds. The second-order valence-corrected chi connectivity index (χ2v) is 6.36. The number of benzene rings is 1. The third-order valence-corrected chi connectivity index (χ3v) is 3.86. The van der Waals surface area contributed by atoms with Crippen molar-refractivity contribution in [3.8, 4) is 0 Å². The van der Waals surface area contributed by atoms with Crippen LogP contribution in [-0.4, -0.2) is 10.5 Å². The quantitative estimate of drug-likeness (QED) is 0.849. The van der Waals surface area contributed by atoms with E-state index in [9.17, 15) is 0 Å². The summed E-state index contributed by atoms with van der Waals surface area (Å²) in [6, 6.07) is 5.84. The molecule has 1 N–H and O–H groups in total. The minimum Gasteiger partial charge on any atom is -0.357 e. The summed E-state index contributed by atoms with van der Waals surface area (Å²) in [7, 11) is 0. The maximum Gasteiger partial charge on any atom is 0.184 e. The van der Waals surface area contributed by atoms with Crippen LogP contribution in [0.25, 0.3) is 10.2 Å². The molecule has 0 radical (unpaired) electrons. The van der Waals surface area contributed by atoms with E-state index in [2.05, 4.69) is 31.1 Å². The number of anilines is 1. The maximum absolute atomic E-state index is 5.95. The molecule has 0 aliphatic carbocycles. The summed E-state index contributed by atoms with van der Waals surface area (Å²) >= 11 is 7.63. The molecule has 0 saturated carbocycles.